The summed E-state index contributed by atoms with van der Waals surface area (Å²) in [6.45, 7) is 4.10. The highest BCUT2D eigenvalue weighted by Gasteiger charge is 2.24. The smallest absolute Gasteiger partial charge is 0.0684 e. The predicted molar refractivity (Wildman–Crippen MR) is 54.1 cm³/mol. The van der Waals surface area contributed by atoms with Gasteiger partial charge >= 0.3 is 0 Å². The van der Waals surface area contributed by atoms with Gasteiger partial charge in [-0.05, 0) is 50.5 Å². The Balaban J connectivity index is 2.35. The van der Waals surface area contributed by atoms with Crippen LogP contribution in [0.15, 0.2) is 0 Å². The van der Waals surface area contributed by atoms with E-state index in [0.717, 1.165) is 12.3 Å². The Morgan fingerprint density at radius 3 is 2.50 bits per heavy atom. The Bertz CT molecular complexity index is 175. The van der Waals surface area contributed by atoms with Gasteiger partial charge in [0.05, 0.1) is 11.5 Å². The van der Waals surface area contributed by atoms with Crippen LogP contribution in [0.4, 0.5) is 0 Å². The highest BCUT2D eigenvalue weighted by molar-refractivity contribution is 7.99. The van der Waals surface area contributed by atoms with Crippen molar-refractivity contribution in [1.82, 2.24) is 0 Å². The van der Waals surface area contributed by atoms with Gasteiger partial charge in [0.1, 0.15) is 0 Å². The maximum absolute atomic E-state index is 8.87. The molecular weight excluding hydrogens is 166 g/mol. The summed E-state index contributed by atoms with van der Waals surface area (Å²) in [4.78, 5) is 0. The Kier molecular flexibility index (Phi) is 3.46. The summed E-state index contributed by atoms with van der Waals surface area (Å²) in [6.07, 6.45) is 3.72. The molecule has 0 saturated carbocycles. The van der Waals surface area contributed by atoms with E-state index in [0.29, 0.717) is 0 Å². The number of rotatable bonds is 2. The number of hydrogen-bond donors (Lipinski definition) is 0. The van der Waals surface area contributed by atoms with Crippen molar-refractivity contribution >= 4 is 11.8 Å². The van der Waals surface area contributed by atoms with Gasteiger partial charge in [0.15, 0.2) is 0 Å². The van der Waals surface area contributed by atoms with Crippen molar-refractivity contribution < 1.29 is 0 Å². The molecule has 1 heterocycles. The molecule has 0 aromatic carbocycles. The minimum atomic E-state index is -0.104. The number of nitriles is 1. The summed E-state index contributed by atoms with van der Waals surface area (Å²) in [5.41, 5.74) is -0.104. The molecule has 0 aliphatic carbocycles. The zero-order valence-electron chi connectivity index (χ0n) is 7.97. The second kappa shape index (κ2) is 4.18. The normalized spacial score (nSPS) is 20.4. The van der Waals surface area contributed by atoms with E-state index in [-0.39, 0.29) is 5.41 Å². The molecule has 0 atom stereocenters. The fourth-order valence-electron chi connectivity index (χ4n) is 1.72. The quantitative estimate of drug-likeness (QED) is 0.657. The third-order valence-electron chi connectivity index (χ3n) is 2.44. The van der Waals surface area contributed by atoms with Crippen LogP contribution in [0.1, 0.15) is 33.1 Å². The first kappa shape index (κ1) is 9.92. The second-order valence-electron chi connectivity index (χ2n) is 4.26. The molecule has 0 radical (unpaired) electrons. The van der Waals surface area contributed by atoms with Crippen LogP contribution < -0.4 is 0 Å². The fourth-order valence-corrected chi connectivity index (χ4v) is 2.92. The highest BCUT2D eigenvalue weighted by atomic mass is 32.2. The lowest BCUT2D eigenvalue weighted by molar-refractivity contribution is 0.324. The molecule has 0 spiro atoms. The molecule has 2 heteroatoms. The monoisotopic (exact) mass is 183 g/mol. The third kappa shape index (κ3) is 3.06. The molecule has 1 aliphatic heterocycles. The van der Waals surface area contributed by atoms with Crippen LogP contribution in [0, 0.1) is 22.7 Å². The first-order chi connectivity index (χ1) is 5.64. The Morgan fingerprint density at radius 1 is 1.42 bits per heavy atom. The molecule has 0 aromatic heterocycles. The number of hydrogen-bond acceptors (Lipinski definition) is 2. The summed E-state index contributed by atoms with van der Waals surface area (Å²) in [7, 11) is 0. The molecule has 1 fully saturated rings. The lowest BCUT2D eigenvalue weighted by Gasteiger charge is -2.26. The van der Waals surface area contributed by atoms with Crippen LogP contribution in [0.2, 0.25) is 0 Å². The molecular formula is C10H17NS. The maximum Gasteiger partial charge on any atom is 0.0684 e. The minimum Gasteiger partial charge on any atom is -0.198 e. The van der Waals surface area contributed by atoms with Gasteiger partial charge in [-0.25, -0.2) is 0 Å². The van der Waals surface area contributed by atoms with E-state index in [1.165, 1.54) is 24.3 Å². The molecule has 1 rings (SSSR count). The average Bonchev–Trinajstić information content (AvgIpc) is 2.06. The molecule has 0 amide bonds. The predicted octanol–water partition coefficient (Wildman–Crippen LogP) is 3.07. The second-order valence-corrected chi connectivity index (χ2v) is 5.48. The summed E-state index contributed by atoms with van der Waals surface area (Å²) < 4.78 is 0. The van der Waals surface area contributed by atoms with E-state index in [9.17, 15) is 0 Å². The lowest BCUT2D eigenvalue weighted by Crippen LogP contribution is -2.18. The van der Waals surface area contributed by atoms with Crippen LogP contribution in [0.25, 0.3) is 0 Å². The van der Waals surface area contributed by atoms with Gasteiger partial charge in [0.25, 0.3) is 0 Å². The molecule has 1 aliphatic rings. The standard InChI is InChI=1S/C10H17NS/c1-10(2,8-11)7-9-3-5-12-6-4-9/h9H,3-7H2,1-2H3. The largest absolute Gasteiger partial charge is 0.198 e. The third-order valence-corrected chi connectivity index (χ3v) is 3.49. The fraction of sp³-hybridized carbons (Fsp3) is 0.900. The summed E-state index contributed by atoms with van der Waals surface area (Å²) in [5.74, 6) is 3.40. The lowest BCUT2D eigenvalue weighted by atomic mass is 9.82. The minimum absolute atomic E-state index is 0.104. The van der Waals surface area contributed by atoms with E-state index >= 15 is 0 Å². The van der Waals surface area contributed by atoms with Gasteiger partial charge in [0, 0.05) is 0 Å². The van der Waals surface area contributed by atoms with E-state index in [2.05, 4.69) is 19.9 Å². The molecule has 0 unspecified atom stereocenters. The zero-order valence-corrected chi connectivity index (χ0v) is 8.78. The molecule has 1 nitrogen and oxygen atoms in total. The van der Waals surface area contributed by atoms with E-state index in [4.69, 9.17) is 5.26 Å². The molecule has 1 saturated heterocycles. The van der Waals surface area contributed by atoms with E-state index in [1.54, 1.807) is 0 Å². The van der Waals surface area contributed by atoms with Gasteiger partial charge in [-0.1, -0.05) is 0 Å². The van der Waals surface area contributed by atoms with E-state index in [1.807, 2.05) is 11.8 Å². The Hall–Kier alpha value is -0.160. The zero-order chi connectivity index (χ0) is 9.03. The molecule has 0 aromatic rings. The number of nitrogens with zero attached hydrogens (tertiary/aromatic N) is 1. The van der Waals surface area contributed by atoms with Crippen LogP contribution in [0.3, 0.4) is 0 Å². The molecule has 0 N–H and O–H groups in total. The van der Waals surface area contributed by atoms with Crippen LogP contribution >= 0.6 is 11.8 Å². The first-order valence-corrected chi connectivity index (χ1v) is 5.78. The topological polar surface area (TPSA) is 23.8 Å². The van der Waals surface area contributed by atoms with E-state index < -0.39 is 0 Å². The number of thioether (sulfide) groups is 1. The van der Waals surface area contributed by atoms with Gasteiger partial charge in [-0.15, -0.1) is 0 Å². The van der Waals surface area contributed by atoms with Crippen molar-refractivity contribution in [3.63, 3.8) is 0 Å². The van der Waals surface area contributed by atoms with Crippen molar-refractivity contribution in [2.45, 2.75) is 33.1 Å². The van der Waals surface area contributed by atoms with Crippen LogP contribution in [-0.4, -0.2) is 11.5 Å². The average molecular weight is 183 g/mol. The Morgan fingerprint density at radius 2 is 2.00 bits per heavy atom. The first-order valence-electron chi connectivity index (χ1n) is 4.63. The van der Waals surface area contributed by atoms with Crippen molar-refractivity contribution in [3.05, 3.63) is 0 Å². The van der Waals surface area contributed by atoms with Gasteiger partial charge in [0.2, 0.25) is 0 Å². The van der Waals surface area contributed by atoms with Gasteiger partial charge < -0.3 is 0 Å². The summed E-state index contributed by atoms with van der Waals surface area (Å²) in [6, 6.07) is 2.38. The van der Waals surface area contributed by atoms with Crippen molar-refractivity contribution in [1.29, 1.82) is 5.26 Å². The van der Waals surface area contributed by atoms with Crippen LogP contribution in [-0.2, 0) is 0 Å². The van der Waals surface area contributed by atoms with Crippen molar-refractivity contribution in [2.75, 3.05) is 11.5 Å². The van der Waals surface area contributed by atoms with Crippen LogP contribution in [0.5, 0.6) is 0 Å². The van der Waals surface area contributed by atoms with Crippen molar-refractivity contribution in [3.8, 4) is 6.07 Å². The molecule has 12 heavy (non-hydrogen) atoms. The SMILES string of the molecule is CC(C)(C#N)CC1CCSCC1. The van der Waals surface area contributed by atoms with Crippen molar-refractivity contribution in [2.24, 2.45) is 11.3 Å². The summed E-state index contributed by atoms with van der Waals surface area (Å²) in [5, 5.41) is 8.87. The summed E-state index contributed by atoms with van der Waals surface area (Å²) >= 11 is 2.05. The highest BCUT2D eigenvalue weighted by Crippen LogP contribution is 2.32. The molecule has 0 bridgehead atoms. The maximum atomic E-state index is 8.87. The molecule has 68 valence electrons. The van der Waals surface area contributed by atoms with Gasteiger partial charge in [-0.3, -0.25) is 0 Å². The Labute approximate surface area is 79.5 Å². The van der Waals surface area contributed by atoms with Gasteiger partial charge in [-0.2, -0.15) is 17.0 Å².